The largest absolute Gasteiger partial charge is 0.326 e. The molecule has 1 amide bonds. The van der Waals surface area contributed by atoms with Crippen LogP contribution < -0.4 is 5.32 Å². The van der Waals surface area contributed by atoms with Crippen LogP contribution in [0.3, 0.4) is 0 Å². The van der Waals surface area contributed by atoms with Gasteiger partial charge in [-0.1, -0.05) is 63.2 Å². The van der Waals surface area contributed by atoms with E-state index in [2.05, 4.69) is 50.4 Å². The van der Waals surface area contributed by atoms with Crippen LogP contribution in [0.15, 0.2) is 54.6 Å². The molecule has 22 heavy (non-hydrogen) atoms. The molecule has 2 aromatic rings. The van der Waals surface area contributed by atoms with Crippen molar-refractivity contribution in [3.63, 3.8) is 0 Å². The van der Waals surface area contributed by atoms with Crippen LogP contribution in [-0.2, 0) is 4.79 Å². The minimum absolute atomic E-state index is 0.0626. The minimum atomic E-state index is 0.0626. The number of benzene rings is 2. The summed E-state index contributed by atoms with van der Waals surface area (Å²) >= 11 is 0. The number of carbonyl (C=O) groups excluding carboxylic acids is 1. The summed E-state index contributed by atoms with van der Waals surface area (Å²) in [4.78, 5) is 12.2. The molecule has 0 fully saturated rings. The summed E-state index contributed by atoms with van der Waals surface area (Å²) in [7, 11) is 0. The Bertz CT molecular complexity index is 589. The van der Waals surface area contributed by atoms with E-state index in [1.807, 2.05) is 30.3 Å². The number of hydrogen-bond donors (Lipinski definition) is 1. The van der Waals surface area contributed by atoms with Crippen molar-refractivity contribution in [3.8, 4) is 0 Å². The van der Waals surface area contributed by atoms with Gasteiger partial charge in [0.25, 0.3) is 0 Å². The molecular formula is C20H25NO. The summed E-state index contributed by atoms with van der Waals surface area (Å²) in [6.45, 7) is 6.49. The molecule has 2 nitrogen and oxygen atoms in total. The lowest BCUT2D eigenvalue weighted by Gasteiger charge is -2.13. The van der Waals surface area contributed by atoms with E-state index in [0.717, 1.165) is 12.1 Å². The predicted octanol–water partition coefficient (Wildman–Crippen LogP) is 5.33. The first-order valence-corrected chi connectivity index (χ1v) is 8.05. The van der Waals surface area contributed by atoms with Crippen molar-refractivity contribution < 1.29 is 4.79 Å². The first-order chi connectivity index (χ1) is 10.6. The Hall–Kier alpha value is -2.09. The third-order valence-electron chi connectivity index (χ3n) is 4.24. The van der Waals surface area contributed by atoms with Gasteiger partial charge >= 0.3 is 0 Å². The van der Waals surface area contributed by atoms with Crippen LogP contribution in [0.4, 0.5) is 5.69 Å². The fourth-order valence-electron chi connectivity index (χ4n) is 2.52. The van der Waals surface area contributed by atoms with E-state index < -0.39 is 0 Å². The molecule has 2 aromatic carbocycles. The van der Waals surface area contributed by atoms with E-state index in [0.29, 0.717) is 12.3 Å². The number of anilines is 1. The number of rotatable bonds is 6. The monoisotopic (exact) mass is 295 g/mol. The normalized spacial score (nSPS) is 13.4. The third kappa shape index (κ3) is 4.45. The number of carbonyl (C=O) groups is 1. The maximum Gasteiger partial charge on any atom is 0.224 e. The van der Waals surface area contributed by atoms with Crippen LogP contribution in [0, 0.1) is 0 Å². The highest BCUT2D eigenvalue weighted by Crippen LogP contribution is 2.22. The zero-order valence-corrected chi connectivity index (χ0v) is 13.7. The van der Waals surface area contributed by atoms with Gasteiger partial charge in [0.15, 0.2) is 0 Å². The van der Waals surface area contributed by atoms with Crippen LogP contribution >= 0.6 is 0 Å². The molecule has 0 saturated carbocycles. The molecule has 116 valence electrons. The minimum Gasteiger partial charge on any atom is -0.326 e. The summed E-state index contributed by atoms with van der Waals surface area (Å²) in [5, 5.41) is 2.99. The molecule has 0 heterocycles. The lowest BCUT2D eigenvalue weighted by molar-refractivity contribution is -0.116. The molecule has 0 aliphatic heterocycles. The van der Waals surface area contributed by atoms with Crippen molar-refractivity contribution in [2.45, 2.75) is 45.4 Å². The van der Waals surface area contributed by atoms with Crippen LogP contribution in [0.2, 0.25) is 0 Å². The molecule has 2 heteroatoms. The second-order valence-corrected chi connectivity index (χ2v) is 6.00. The standard InChI is InChI=1S/C20H25NO/c1-4-15(2)18-10-12-19(13-11-18)21-20(22)14-16(3)17-8-6-5-7-9-17/h5-13,15-16H,4,14H2,1-3H3,(H,21,22). The number of amides is 1. The first kappa shape index (κ1) is 16.3. The molecule has 0 aromatic heterocycles. The van der Waals surface area contributed by atoms with E-state index in [4.69, 9.17) is 0 Å². The van der Waals surface area contributed by atoms with Gasteiger partial charge in [-0.05, 0) is 41.5 Å². The molecule has 0 bridgehead atoms. The molecule has 1 N–H and O–H groups in total. The van der Waals surface area contributed by atoms with E-state index >= 15 is 0 Å². The number of nitrogens with one attached hydrogen (secondary N) is 1. The highest BCUT2D eigenvalue weighted by Gasteiger charge is 2.11. The molecule has 0 aliphatic rings. The van der Waals surface area contributed by atoms with Crippen LogP contribution in [-0.4, -0.2) is 5.91 Å². The highest BCUT2D eigenvalue weighted by molar-refractivity contribution is 5.91. The van der Waals surface area contributed by atoms with Crippen molar-refractivity contribution in [1.29, 1.82) is 0 Å². The molecule has 0 aliphatic carbocycles. The van der Waals surface area contributed by atoms with Crippen molar-refractivity contribution in [2.75, 3.05) is 5.32 Å². The lowest BCUT2D eigenvalue weighted by atomic mass is 9.97. The maximum atomic E-state index is 12.2. The van der Waals surface area contributed by atoms with Gasteiger partial charge in [-0.2, -0.15) is 0 Å². The van der Waals surface area contributed by atoms with Gasteiger partial charge in [0.1, 0.15) is 0 Å². The van der Waals surface area contributed by atoms with E-state index in [-0.39, 0.29) is 11.8 Å². The lowest BCUT2D eigenvalue weighted by Crippen LogP contribution is -2.14. The smallest absolute Gasteiger partial charge is 0.224 e. The fraction of sp³-hybridized carbons (Fsp3) is 0.350. The highest BCUT2D eigenvalue weighted by atomic mass is 16.1. The first-order valence-electron chi connectivity index (χ1n) is 8.05. The van der Waals surface area contributed by atoms with E-state index in [9.17, 15) is 4.79 Å². The summed E-state index contributed by atoms with van der Waals surface area (Å²) in [5.74, 6) is 0.844. The topological polar surface area (TPSA) is 29.1 Å². The summed E-state index contributed by atoms with van der Waals surface area (Å²) in [6, 6.07) is 18.3. The van der Waals surface area contributed by atoms with Crippen LogP contribution in [0.5, 0.6) is 0 Å². The van der Waals surface area contributed by atoms with E-state index in [1.165, 1.54) is 11.1 Å². The van der Waals surface area contributed by atoms with Crippen molar-refractivity contribution in [2.24, 2.45) is 0 Å². The average molecular weight is 295 g/mol. The van der Waals surface area contributed by atoms with Crippen LogP contribution in [0.1, 0.15) is 56.6 Å². The quantitative estimate of drug-likeness (QED) is 0.766. The molecular weight excluding hydrogens is 270 g/mol. The maximum absolute atomic E-state index is 12.2. The average Bonchev–Trinajstić information content (AvgIpc) is 2.55. The summed E-state index contributed by atoms with van der Waals surface area (Å²) < 4.78 is 0. The van der Waals surface area contributed by atoms with E-state index in [1.54, 1.807) is 0 Å². The second-order valence-electron chi connectivity index (χ2n) is 6.00. The van der Waals surface area contributed by atoms with Gasteiger partial charge in [-0.25, -0.2) is 0 Å². The van der Waals surface area contributed by atoms with Gasteiger partial charge in [-0.3, -0.25) is 4.79 Å². The Kier molecular flexibility index (Phi) is 5.76. The van der Waals surface area contributed by atoms with Crippen molar-refractivity contribution >= 4 is 11.6 Å². The molecule has 0 saturated heterocycles. The molecule has 0 radical (unpaired) electrons. The molecule has 2 rings (SSSR count). The summed E-state index contributed by atoms with van der Waals surface area (Å²) in [6.07, 6.45) is 1.62. The zero-order chi connectivity index (χ0) is 15.9. The SMILES string of the molecule is CCC(C)c1ccc(NC(=O)CC(C)c2ccccc2)cc1. The molecule has 2 unspecified atom stereocenters. The Morgan fingerprint density at radius 2 is 1.50 bits per heavy atom. The van der Waals surface area contributed by atoms with Gasteiger partial charge in [0.05, 0.1) is 0 Å². The zero-order valence-electron chi connectivity index (χ0n) is 13.7. The Balaban J connectivity index is 1.92. The second kappa shape index (κ2) is 7.79. The van der Waals surface area contributed by atoms with Crippen molar-refractivity contribution in [3.05, 3.63) is 65.7 Å². The Morgan fingerprint density at radius 1 is 0.909 bits per heavy atom. The molecule has 2 atom stereocenters. The van der Waals surface area contributed by atoms with Gasteiger partial charge in [0, 0.05) is 12.1 Å². The number of hydrogen-bond acceptors (Lipinski definition) is 1. The van der Waals surface area contributed by atoms with Crippen molar-refractivity contribution in [1.82, 2.24) is 0 Å². The van der Waals surface area contributed by atoms with Crippen LogP contribution in [0.25, 0.3) is 0 Å². The van der Waals surface area contributed by atoms with Gasteiger partial charge in [0.2, 0.25) is 5.91 Å². The fourth-order valence-corrected chi connectivity index (χ4v) is 2.52. The van der Waals surface area contributed by atoms with Gasteiger partial charge in [-0.15, -0.1) is 0 Å². The summed E-state index contributed by atoms with van der Waals surface area (Å²) in [5.41, 5.74) is 3.39. The molecule has 0 spiro atoms. The third-order valence-corrected chi connectivity index (χ3v) is 4.24. The van der Waals surface area contributed by atoms with Gasteiger partial charge < -0.3 is 5.32 Å². The predicted molar refractivity (Wildman–Crippen MR) is 93.3 cm³/mol. The Labute approximate surface area is 133 Å². The Morgan fingerprint density at radius 3 is 2.09 bits per heavy atom.